The number of amides is 1. The first-order chi connectivity index (χ1) is 15.7. The Hall–Kier alpha value is -4.19. The zero-order valence-corrected chi connectivity index (χ0v) is 17.5. The molecule has 0 saturated carbocycles. The molecule has 3 heterocycles. The molecule has 3 aromatic carbocycles. The van der Waals surface area contributed by atoms with E-state index in [9.17, 15) is 4.79 Å². The highest BCUT2D eigenvalue weighted by molar-refractivity contribution is 6.14. The maximum absolute atomic E-state index is 13.8. The highest BCUT2D eigenvalue weighted by Crippen LogP contribution is 2.31. The van der Waals surface area contributed by atoms with Crippen LogP contribution in [0.15, 0.2) is 78.9 Å². The topological polar surface area (TPSA) is 60.2 Å². The van der Waals surface area contributed by atoms with Gasteiger partial charge in [-0.25, -0.2) is 9.97 Å². The number of aromatic nitrogens is 3. The molecule has 0 bridgehead atoms. The number of hydrogen-bond donors (Lipinski definition) is 0. The second-order valence-corrected chi connectivity index (χ2v) is 7.81. The summed E-state index contributed by atoms with van der Waals surface area (Å²) in [5.74, 6) is 1.41. The number of carbonyl (C=O) groups excluding carboxylic acids is 1. The van der Waals surface area contributed by atoms with Crippen molar-refractivity contribution in [2.75, 3.05) is 18.6 Å². The summed E-state index contributed by atoms with van der Waals surface area (Å²) >= 11 is 0. The Labute approximate surface area is 184 Å². The molecule has 0 atom stereocenters. The zero-order chi connectivity index (χ0) is 21.7. The maximum atomic E-state index is 13.8. The molecule has 0 saturated heterocycles. The molecule has 5 aromatic rings. The molecular formula is C26H20N4O2. The third kappa shape index (κ3) is 2.84. The van der Waals surface area contributed by atoms with Gasteiger partial charge in [0, 0.05) is 24.0 Å². The van der Waals surface area contributed by atoms with Crippen LogP contribution in [0.5, 0.6) is 5.75 Å². The fraction of sp³-hybridized carbons (Fsp3) is 0.115. The summed E-state index contributed by atoms with van der Waals surface area (Å²) in [5.41, 5.74) is 5.05. The lowest BCUT2D eigenvalue weighted by atomic mass is 10.0. The minimum atomic E-state index is -0.0626. The number of carbonyl (C=O) groups is 1. The Bertz CT molecular complexity index is 1490. The van der Waals surface area contributed by atoms with Crippen molar-refractivity contribution in [1.82, 2.24) is 14.5 Å². The van der Waals surface area contributed by atoms with E-state index >= 15 is 0 Å². The van der Waals surface area contributed by atoms with Gasteiger partial charge in [-0.2, -0.15) is 0 Å². The average Bonchev–Trinajstić information content (AvgIpc) is 3.42. The summed E-state index contributed by atoms with van der Waals surface area (Å²) in [7, 11) is 1.64. The summed E-state index contributed by atoms with van der Waals surface area (Å²) < 4.78 is 7.38. The highest BCUT2D eigenvalue weighted by atomic mass is 16.5. The standard InChI is InChI=1S/C26H20N4O2/c1-32-18-12-10-17(11-13-18)23-16-20(19-6-2-3-7-21(19)27-23)25(31)30-15-14-29-24-9-5-4-8-22(24)28-26(29)30/h2-13,16H,14-15H2,1H3. The third-order valence-corrected chi connectivity index (χ3v) is 6.00. The molecule has 0 spiro atoms. The fourth-order valence-electron chi connectivity index (χ4n) is 4.39. The fourth-order valence-corrected chi connectivity index (χ4v) is 4.39. The molecule has 0 aliphatic carbocycles. The van der Waals surface area contributed by atoms with Crippen LogP contribution in [0, 0.1) is 0 Å². The molecule has 6 rings (SSSR count). The number of hydrogen-bond acceptors (Lipinski definition) is 4. The van der Waals surface area contributed by atoms with E-state index in [0.717, 1.165) is 45.5 Å². The largest absolute Gasteiger partial charge is 0.497 e. The van der Waals surface area contributed by atoms with Gasteiger partial charge in [-0.05, 0) is 48.5 Å². The molecule has 1 aliphatic rings. The minimum absolute atomic E-state index is 0.0626. The second-order valence-electron chi connectivity index (χ2n) is 7.81. The number of rotatable bonds is 3. The summed E-state index contributed by atoms with van der Waals surface area (Å²) in [6.45, 7) is 1.33. The van der Waals surface area contributed by atoms with Crippen molar-refractivity contribution < 1.29 is 9.53 Å². The number of anilines is 1. The van der Waals surface area contributed by atoms with E-state index in [1.165, 1.54) is 0 Å². The Morgan fingerprint density at radius 2 is 1.62 bits per heavy atom. The number of nitrogens with zero attached hydrogens (tertiary/aromatic N) is 4. The molecule has 1 aliphatic heterocycles. The van der Waals surface area contributed by atoms with Crippen LogP contribution >= 0.6 is 0 Å². The predicted octanol–water partition coefficient (Wildman–Crippen LogP) is 4.92. The number of fused-ring (bicyclic) bond motifs is 4. The van der Waals surface area contributed by atoms with E-state index in [4.69, 9.17) is 14.7 Å². The van der Waals surface area contributed by atoms with Crippen molar-refractivity contribution in [2.24, 2.45) is 0 Å². The van der Waals surface area contributed by atoms with Crippen LogP contribution in [0.25, 0.3) is 33.2 Å². The number of ether oxygens (including phenoxy) is 1. The van der Waals surface area contributed by atoms with Gasteiger partial charge in [0.25, 0.3) is 5.91 Å². The van der Waals surface area contributed by atoms with Gasteiger partial charge in [0.15, 0.2) is 0 Å². The number of imidazole rings is 1. The van der Waals surface area contributed by atoms with E-state index in [1.807, 2.05) is 78.9 Å². The van der Waals surface area contributed by atoms with Crippen molar-refractivity contribution in [3.05, 3.63) is 84.4 Å². The summed E-state index contributed by atoms with van der Waals surface area (Å²) in [4.78, 5) is 25.1. The van der Waals surface area contributed by atoms with Crippen LogP contribution in [-0.2, 0) is 6.54 Å². The zero-order valence-electron chi connectivity index (χ0n) is 17.5. The lowest BCUT2D eigenvalue weighted by Gasteiger charge is -2.16. The van der Waals surface area contributed by atoms with Crippen LogP contribution in [-0.4, -0.2) is 34.1 Å². The van der Waals surface area contributed by atoms with Crippen molar-refractivity contribution in [3.63, 3.8) is 0 Å². The molecule has 156 valence electrons. The molecular weight excluding hydrogens is 400 g/mol. The quantitative estimate of drug-likeness (QED) is 0.416. The van der Waals surface area contributed by atoms with E-state index in [1.54, 1.807) is 12.0 Å². The molecule has 0 fully saturated rings. The predicted molar refractivity (Wildman–Crippen MR) is 125 cm³/mol. The Morgan fingerprint density at radius 3 is 2.44 bits per heavy atom. The van der Waals surface area contributed by atoms with Crippen LogP contribution in [0.3, 0.4) is 0 Å². The van der Waals surface area contributed by atoms with Gasteiger partial charge in [-0.1, -0.05) is 30.3 Å². The summed E-state index contributed by atoms with van der Waals surface area (Å²) in [6, 6.07) is 25.4. The van der Waals surface area contributed by atoms with Crippen LogP contribution in [0.2, 0.25) is 0 Å². The summed E-state index contributed by atoms with van der Waals surface area (Å²) in [6.07, 6.45) is 0. The minimum Gasteiger partial charge on any atom is -0.497 e. The highest BCUT2D eigenvalue weighted by Gasteiger charge is 2.30. The maximum Gasteiger partial charge on any atom is 0.261 e. The van der Waals surface area contributed by atoms with Gasteiger partial charge in [-0.15, -0.1) is 0 Å². The molecule has 0 N–H and O–H groups in total. The first-order valence-electron chi connectivity index (χ1n) is 10.5. The molecule has 1 amide bonds. The first kappa shape index (κ1) is 18.6. The summed E-state index contributed by atoms with van der Waals surface area (Å²) in [5, 5.41) is 0.837. The van der Waals surface area contributed by atoms with Gasteiger partial charge in [0.1, 0.15) is 5.75 Å². The lowest BCUT2D eigenvalue weighted by molar-refractivity contribution is 0.0990. The Balaban J connectivity index is 1.48. The van der Waals surface area contributed by atoms with Crippen LogP contribution in [0.1, 0.15) is 10.4 Å². The molecule has 0 unspecified atom stereocenters. The molecule has 6 nitrogen and oxygen atoms in total. The SMILES string of the molecule is COc1ccc(-c2cc(C(=O)N3CCn4c3nc3ccccc34)c3ccccc3n2)cc1. The molecule has 2 aromatic heterocycles. The normalized spacial score (nSPS) is 13.0. The van der Waals surface area contributed by atoms with Gasteiger partial charge in [-0.3, -0.25) is 9.69 Å². The molecule has 6 heteroatoms. The third-order valence-electron chi connectivity index (χ3n) is 6.00. The van der Waals surface area contributed by atoms with Crippen molar-refractivity contribution in [2.45, 2.75) is 6.54 Å². The average molecular weight is 420 g/mol. The van der Waals surface area contributed by atoms with E-state index < -0.39 is 0 Å². The van der Waals surface area contributed by atoms with Crippen molar-refractivity contribution >= 4 is 33.8 Å². The Morgan fingerprint density at radius 1 is 0.875 bits per heavy atom. The first-order valence-corrected chi connectivity index (χ1v) is 10.5. The van der Waals surface area contributed by atoms with E-state index in [0.29, 0.717) is 18.1 Å². The van der Waals surface area contributed by atoms with Crippen molar-refractivity contribution in [3.8, 4) is 17.0 Å². The monoisotopic (exact) mass is 420 g/mol. The lowest BCUT2D eigenvalue weighted by Crippen LogP contribution is -2.29. The van der Waals surface area contributed by atoms with Gasteiger partial charge < -0.3 is 9.30 Å². The molecule has 0 radical (unpaired) electrons. The van der Waals surface area contributed by atoms with Gasteiger partial charge in [0.2, 0.25) is 5.95 Å². The van der Waals surface area contributed by atoms with E-state index in [-0.39, 0.29) is 5.91 Å². The van der Waals surface area contributed by atoms with Crippen LogP contribution < -0.4 is 9.64 Å². The number of pyridine rings is 1. The van der Waals surface area contributed by atoms with Gasteiger partial charge >= 0.3 is 0 Å². The smallest absolute Gasteiger partial charge is 0.261 e. The molecule has 32 heavy (non-hydrogen) atoms. The number of methoxy groups -OCH3 is 1. The van der Waals surface area contributed by atoms with Crippen molar-refractivity contribution in [1.29, 1.82) is 0 Å². The second kappa shape index (κ2) is 7.20. The van der Waals surface area contributed by atoms with Gasteiger partial charge in [0.05, 0.1) is 34.9 Å². The van der Waals surface area contributed by atoms with Crippen LogP contribution in [0.4, 0.5) is 5.95 Å². The Kier molecular flexibility index (Phi) is 4.18. The number of benzene rings is 3. The number of para-hydroxylation sites is 3. The van der Waals surface area contributed by atoms with E-state index in [2.05, 4.69) is 4.57 Å².